The average molecular weight is 455 g/mol. The first kappa shape index (κ1) is 21.2. The predicted molar refractivity (Wildman–Crippen MR) is 120 cm³/mol. The van der Waals surface area contributed by atoms with Crippen molar-refractivity contribution in [1.29, 1.82) is 0 Å². The standard InChI is InChI=1S/C25H28NO5S/c27-24(25(28,22-8-4-15-30-22)23-9-5-17-32-23)31-21-18-26(12-10-19(21)11-13-26)14-16-29-20-6-2-1-3-7-20/h1-9,15,17,19,21,28H,10-14,16,18H2/q+1/t19?,21?,25-,26?/m0/s1. The number of nitrogens with zero attached hydrogens (tertiary/aromatic N) is 1. The quantitative estimate of drug-likeness (QED) is 0.414. The van der Waals surface area contributed by atoms with E-state index in [9.17, 15) is 9.90 Å². The summed E-state index contributed by atoms with van der Waals surface area (Å²) in [7, 11) is 0. The van der Waals surface area contributed by atoms with Crippen LogP contribution >= 0.6 is 11.3 Å². The van der Waals surface area contributed by atoms with Crippen molar-refractivity contribution in [3.05, 3.63) is 76.9 Å². The second-order valence-corrected chi connectivity index (χ2v) is 9.75. The number of hydrogen-bond donors (Lipinski definition) is 1. The van der Waals surface area contributed by atoms with E-state index in [1.807, 2.05) is 41.8 Å². The number of hydrogen-bond acceptors (Lipinski definition) is 6. The van der Waals surface area contributed by atoms with Gasteiger partial charge in [0.1, 0.15) is 25.4 Å². The smallest absolute Gasteiger partial charge is 0.352 e. The molecule has 5 heterocycles. The molecule has 168 valence electrons. The number of carbonyl (C=O) groups excluding carboxylic acids is 1. The fourth-order valence-electron chi connectivity index (χ4n) is 5.06. The molecule has 7 heteroatoms. The highest BCUT2D eigenvalue weighted by molar-refractivity contribution is 7.10. The molecule has 6 rings (SSSR count). The maximum Gasteiger partial charge on any atom is 0.352 e. The molecule has 0 aliphatic carbocycles. The Labute approximate surface area is 191 Å². The molecule has 0 amide bonds. The summed E-state index contributed by atoms with van der Waals surface area (Å²) in [6.07, 6.45) is 3.27. The van der Waals surface area contributed by atoms with Crippen molar-refractivity contribution in [2.75, 3.05) is 32.8 Å². The molecule has 3 fully saturated rings. The normalized spacial score (nSPS) is 26.4. The van der Waals surface area contributed by atoms with E-state index in [2.05, 4.69) is 0 Å². The first-order valence-electron chi connectivity index (χ1n) is 11.1. The summed E-state index contributed by atoms with van der Waals surface area (Å²) in [5.41, 5.74) is -1.93. The molecular formula is C25H28NO5S+. The Morgan fingerprint density at radius 1 is 1.12 bits per heavy atom. The largest absolute Gasteiger partial charge is 0.488 e. The van der Waals surface area contributed by atoms with Crippen LogP contribution in [0.4, 0.5) is 0 Å². The lowest BCUT2D eigenvalue weighted by Crippen LogP contribution is -2.65. The number of fused-ring (bicyclic) bond motifs is 3. The maximum absolute atomic E-state index is 13.4. The Balaban J connectivity index is 1.28. The number of quaternary nitrogens is 1. The lowest BCUT2D eigenvalue weighted by molar-refractivity contribution is -0.946. The van der Waals surface area contributed by atoms with Crippen LogP contribution in [0, 0.1) is 5.92 Å². The van der Waals surface area contributed by atoms with Crippen LogP contribution in [-0.4, -0.2) is 54.4 Å². The van der Waals surface area contributed by atoms with Gasteiger partial charge in [0.15, 0.2) is 11.9 Å². The summed E-state index contributed by atoms with van der Waals surface area (Å²) < 4.78 is 18.3. The van der Waals surface area contributed by atoms with Gasteiger partial charge in [-0.2, -0.15) is 0 Å². The number of aliphatic hydroxyl groups is 1. The van der Waals surface area contributed by atoms with E-state index in [0.29, 0.717) is 17.4 Å². The fourth-order valence-corrected chi connectivity index (χ4v) is 5.87. The number of piperidine rings is 3. The zero-order valence-corrected chi connectivity index (χ0v) is 18.7. The molecule has 3 aliphatic rings. The van der Waals surface area contributed by atoms with Gasteiger partial charge in [0.05, 0.1) is 24.2 Å². The van der Waals surface area contributed by atoms with Crippen molar-refractivity contribution in [3.8, 4) is 5.75 Å². The third kappa shape index (κ3) is 3.96. The number of thiophene rings is 1. The van der Waals surface area contributed by atoms with Crippen LogP contribution in [0.5, 0.6) is 5.75 Å². The Kier molecular flexibility index (Phi) is 5.80. The molecule has 2 aromatic heterocycles. The van der Waals surface area contributed by atoms with Gasteiger partial charge in [0.2, 0.25) is 0 Å². The monoisotopic (exact) mass is 454 g/mol. The number of rotatable bonds is 8. The number of para-hydroxylation sites is 1. The molecule has 32 heavy (non-hydrogen) atoms. The van der Waals surface area contributed by atoms with E-state index in [1.165, 1.54) is 17.6 Å². The summed E-state index contributed by atoms with van der Waals surface area (Å²) in [5, 5.41) is 13.3. The van der Waals surface area contributed by atoms with E-state index in [4.69, 9.17) is 13.9 Å². The van der Waals surface area contributed by atoms with E-state index < -0.39 is 11.6 Å². The number of carbonyl (C=O) groups is 1. The molecule has 1 aromatic carbocycles. The lowest BCUT2D eigenvalue weighted by Gasteiger charge is -2.52. The molecule has 2 atom stereocenters. The first-order chi connectivity index (χ1) is 15.6. The van der Waals surface area contributed by atoms with Gasteiger partial charge in [-0.05, 0) is 35.7 Å². The molecule has 1 unspecified atom stereocenters. The van der Waals surface area contributed by atoms with E-state index in [1.54, 1.807) is 18.2 Å². The minimum Gasteiger partial charge on any atom is -0.488 e. The average Bonchev–Trinajstić information content (AvgIpc) is 3.55. The molecule has 3 aromatic rings. The number of esters is 1. The van der Waals surface area contributed by atoms with Crippen molar-refractivity contribution < 1.29 is 28.3 Å². The summed E-state index contributed by atoms with van der Waals surface area (Å²) in [4.78, 5) is 13.9. The number of benzene rings is 1. The zero-order valence-electron chi connectivity index (χ0n) is 17.9. The Hall–Kier alpha value is -2.61. The third-order valence-corrected chi connectivity index (χ3v) is 7.91. The summed E-state index contributed by atoms with van der Waals surface area (Å²) in [6, 6.07) is 16.7. The minimum absolute atomic E-state index is 0.186. The second-order valence-electron chi connectivity index (χ2n) is 8.80. The number of furan rings is 1. The van der Waals surface area contributed by atoms with Gasteiger partial charge in [0, 0.05) is 18.8 Å². The van der Waals surface area contributed by atoms with Gasteiger partial charge in [-0.25, -0.2) is 4.79 Å². The Morgan fingerprint density at radius 3 is 2.62 bits per heavy atom. The topological polar surface area (TPSA) is 68.9 Å². The highest BCUT2D eigenvalue weighted by Gasteiger charge is 2.51. The van der Waals surface area contributed by atoms with E-state index >= 15 is 0 Å². The van der Waals surface area contributed by atoms with Gasteiger partial charge in [-0.1, -0.05) is 24.3 Å². The third-order valence-electron chi connectivity index (χ3n) is 6.93. The molecule has 0 saturated carbocycles. The lowest BCUT2D eigenvalue weighted by atomic mass is 9.83. The Morgan fingerprint density at radius 2 is 1.94 bits per heavy atom. The van der Waals surface area contributed by atoms with Crippen LogP contribution in [-0.2, 0) is 15.1 Å². The minimum atomic E-state index is -1.93. The predicted octanol–water partition coefficient (Wildman–Crippen LogP) is 3.81. The molecule has 6 nitrogen and oxygen atoms in total. The molecule has 2 bridgehead atoms. The summed E-state index contributed by atoms with van der Waals surface area (Å²) >= 11 is 1.31. The van der Waals surface area contributed by atoms with Crippen molar-refractivity contribution in [2.24, 2.45) is 5.92 Å². The van der Waals surface area contributed by atoms with Gasteiger partial charge in [0.25, 0.3) is 5.60 Å². The van der Waals surface area contributed by atoms with Crippen LogP contribution in [0.3, 0.4) is 0 Å². The summed E-state index contributed by atoms with van der Waals surface area (Å²) in [5.74, 6) is 0.733. The van der Waals surface area contributed by atoms with Gasteiger partial charge in [-0.3, -0.25) is 0 Å². The SMILES string of the molecule is O=C(OC1C[N+]2(CCOc3ccccc3)CCC1CC2)[C@](O)(c1ccco1)c1cccs1. The molecule has 1 N–H and O–H groups in total. The first-order valence-corrected chi connectivity index (χ1v) is 12.0. The van der Waals surface area contributed by atoms with Crippen molar-refractivity contribution in [2.45, 2.75) is 24.5 Å². The van der Waals surface area contributed by atoms with E-state index in [-0.39, 0.29) is 11.9 Å². The molecule has 3 saturated heterocycles. The summed E-state index contributed by atoms with van der Waals surface area (Å²) in [6.45, 7) is 4.41. The van der Waals surface area contributed by atoms with Gasteiger partial charge >= 0.3 is 5.97 Å². The van der Waals surface area contributed by atoms with Crippen LogP contribution in [0.2, 0.25) is 0 Å². The maximum atomic E-state index is 13.4. The van der Waals surface area contributed by atoms with Crippen LogP contribution in [0.25, 0.3) is 0 Å². The van der Waals surface area contributed by atoms with E-state index in [0.717, 1.165) is 49.3 Å². The second kappa shape index (κ2) is 8.73. The van der Waals surface area contributed by atoms with Crippen LogP contribution in [0.15, 0.2) is 70.7 Å². The van der Waals surface area contributed by atoms with Crippen molar-refractivity contribution in [3.63, 3.8) is 0 Å². The zero-order chi connectivity index (χ0) is 22.0. The fraction of sp³-hybridized carbons (Fsp3) is 0.400. The molecule has 0 spiro atoms. The number of ether oxygens (including phenoxy) is 2. The molecular weight excluding hydrogens is 426 g/mol. The molecule has 3 aliphatic heterocycles. The Bertz CT molecular complexity index is 976. The van der Waals surface area contributed by atoms with Gasteiger partial charge in [-0.15, -0.1) is 11.3 Å². The van der Waals surface area contributed by atoms with Crippen LogP contribution in [0.1, 0.15) is 23.5 Å². The highest BCUT2D eigenvalue weighted by atomic mass is 32.1. The molecule has 0 radical (unpaired) electrons. The highest BCUT2D eigenvalue weighted by Crippen LogP contribution is 2.39. The van der Waals surface area contributed by atoms with Gasteiger partial charge < -0.3 is 23.5 Å². The van der Waals surface area contributed by atoms with Crippen molar-refractivity contribution in [1.82, 2.24) is 0 Å². The van der Waals surface area contributed by atoms with Crippen LogP contribution < -0.4 is 4.74 Å². The van der Waals surface area contributed by atoms with Crippen molar-refractivity contribution >= 4 is 17.3 Å².